The lowest BCUT2D eigenvalue weighted by Gasteiger charge is -2.25. The molecule has 2 atom stereocenters. The molecule has 6 nitrogen and oxygen atoms in total. The van der Waals surface area contributed by atoms with Crippen LogP contribution in [0.25, 0.3) is 0 Å². The molecular weight excluding hydrogens is 515 g/mol. The second-order valence-corrected chi connectivity index (χ2v) is 8.31. The quantitative estimate of drug-likeness (QED) is 0.319. The molecule has 0 aromatic heterocycles. The molecule has 1 fully saturated rings. The Bertz CT molecular complexity index is 921. The summed E-state index contributed by atoms with van der Waals surface area (Å²) in [6, 6.07) is 18.4. The molecule has 7 heteroatoms. The van der Waals surface area contributed by atoms with Crippen molar-refractivity contribution in [2.75, 3.05) is 38.1 Å². The highest BCUT2D eigenvalue weighted by atomic mass is 127. The molecule has 172 valence electrons. The van der Waals surface area contributed by atoms with Crippen LogP contribution in [0.4, 0.5) is 5.69 Å². The highest BCUT2D eigenvalue weighted by Crippen LogP contribution is 2.38. The Morgan fingerprint density at radius 2 is 1.94 bits per heavy atom. The Balaban J connectivity index is 0.00000289. The van der Waals surface area contributed by atoms with Crippen LogP contribution in [0.5, 0.6) is 5.75 Å². The van der Waals surface area contributed by atoms with E-state index in [2.05, 4.69) is 46.4 Å². The zero-order valence-electron chi connectivity index (χ0n) is 18.9. The van der Waals surface area contributed by atoms with Gasteiger partial charge in [0.05, 0.1) is 6.54 Å². The molecule has 2 aliphatic rings. The van der Waals surface area contributed by atoms with Gasteiger partial charge in [-0.15, -0.1) is 24.0 Å². The molecule has 0 bridgehead atoms. The smallest absolute Gasteiger partial charge is 0.222 e. The highest BCUT2D eigenvalue weighted by Gasteiger charge is 2.32. The molecule has 2 aliphatic heterocycles. The van der Waals surface area contributed by atoms with Gasteiger partial charge in [0.15, 0.2) is 5.96 Å². The van der Waals surface area contributed by atoms with Crippen LogP contribution in [0.3, 0.4) is 0 Å². The number of fused-ring (bicyclic) bond motifs is 1. The number of hydrogen-bond donors (Lipinski definition) is 1. The molecule has 32 heavy (non-hydrogen) atoms. The minimum Gasteiger partial charge on any atom is -0.489 e. The third-order valence-corrected chi connectivity index (χ3v) is 6.08. The van der Waals surface area contributed by atoms with Crippen LogP contribution in [0.15, 0.2) is 59.6 Å². The number of guanidine groups is 1. The van der Waals surface area contributed by atoms with Crippen LogP contribution in [0, 0.1) is 0 Å². The van der Waals surface area contributed by atoms with E-state index in [4.69, 9.17) is 4.74 Å². The van der Waals surface area contributed by atoms with Crippen LogP contribution in [0.2, 0.25) is 0 Å². The van der Waals surface area contributed by atoms with Gasteiger partial charge < -0.3 is 19.9 Å². The first-order chi connectivity index (χ1) is 15.2. The summed E-state index contributed by atoms with van der Waals surface area (Å²) in [5.74, 6) is 2.42. The molecule has 0 radical (unpaired) electrons. The van der Waals surface area contributed by atoms with Crippen molar-refractivity contribution in [2.24, 2.45) is 4.99 Å². The molecule has 0 spiro atoms. The zero-order chi connectivity index (χ0) is 21.6. The van der Waals surface area contributed by atoms with Crippen molar-refractivity contribution in [2.45, 2.75) is 38.2 Å². The van der Waals surface area contributed by atoms with Crippen molar-refractivity contribution in [1.82, 2.24) is 10.2 Å². The maximum absolute atomic E-state index is 12.0. The summed E-state index contributed by atoms with van der Waals surface area (Å²) in [6.07, 6.45) is 2.68. The fraction of sp³-hybridized carbons (Fsp3) is 0.440. The van der Waals surface area contributed by atoms with Crippen molar-refractivity contribution in [1.29, 1.82) is 0 Å². The lowest BCUT2D eigenvalue weighted by molar-refractivity contribution is -0.127. The lowest BCUT2D eigenvalue weighted by Crippen LogP contribution is -2.44. The summed E-state index contributed by atoms with van der Waals surface area (Å²) < 4.78 is 5.99. The van der Waals surface area contributed by atoms with Crippen molar-refractivity contribution < 1.29 is 9.53 Å². The summed E-state index contributed by atoms with van der Waals surface area (Å²) in [5, 5.41) is 3.48. The molecule has 2 aromatic carbocycles. The average molecular weight is 548 g/mol. The number of likely N-dealkylation sites (tertiary alicyclic amines) is 1. The van der Waals surface area contributed by atoms with Gasteiger partial charge in [-0.1, -0.05) is 36.4 Å². The van der Waals surface area contributed by atoms with E-state index < -0.39 is 0 Å². The van der Waals surface area contributed by atoms with Gasteiger partial charge >= 0.3 is 0 Å². The topological polar surface area (TPSA) is 57.2 Å². The highest BCUT2D eigenvalue weighted by molar-refractivity contribution is 14.0. The Labute approximate surface area is 208 Å². The molecule has 2 heterocycles. The molecule has 1 N–H and O–H groups in total. The van der Waals surface area contributed by atoms with E-state index in [-0.39, 0.29) is 30.1 Å². The SMILES string of the molecule is CN=C(NCC(C)Oc1ccccc1)N1CC(CCN2CCCC2=O)c2ccccc21.I. The number of ether oxygens (including phenoxy) is 1. The van der Waals surface area contributed by atoms with Gasteiger partial charge in [0, 0.05) is 44.7 Å². The Morgan fingerprint density at radius 3 is 2.66 bits per heavy atom. The normalized spacial score (nSPS) is 18.9. The number of halogens is 1. The van der Waals surface area contributed by atoms with Crippen LogP contribution in [0.1, 0.15) is 37.7 Å². The van der Waals surface area contributed by atoms with Crippen LogP contribution in [-0.2, 0) is 4.79 Å². The van der Waals surface area contributed by atoms with Crippen LogP contribution < -0.4 is 15.0 Å². The number of hydrogen-bond acceptors (Lipinski definition) is 3. The van der Waals surface area contributed by atoms with Gasteiger partial charge in [0.1, 0.15) is 11.9 Å². The van der Waals surface area contributed by atoms with Crippen LogP contribution in [-0.4, -0.2) is 56.1 Å². The molecule has 1 amide bonds. The molecular formula is C25H33IN4O2. The van der Waals surface area contributed by atoms with E-state index in [9.17, 15) is 4.79 Å². The summed E-state index contributed by atoms with van der Waals surface area (Å²) >= 11 is 0. The third kappa shape index (κ3) is 5.74. The number of aliphatic imine (C=N–C) groups is 1. The van der Waals surface area contributed by atoms with Crippen molar-refractivity contribution in [3.63, 3.8) is 0 Å². The van der Waals surface area contributed by atoms with Crippen molar-refractivity contribution in [3.8, 4) is 5.75 Å². The monoisotopic (exact) mass is 548 g/mol. The fourth-order valence-corrected chi connectivity index (χ4v) is 4.50. The Morgan fingerprint density at radius 1 is 1.19 bits per heavy atom. The van der Waals surface area contributed by atoms with Gasteiger partial charge in [-0.25, -0.2) is 0 Å². The second kappa shape index (κ2) is 11.5. The van der Waals surface area contributed by atoms with Gasteiger partial charge in [-0.3, -0.25) is 9.79 Å². The number of nitrogens with zero attached hydrogens (tertiary/aromatic N) is 3. The second-order valence-electron chi connectivity index (χ2n) is 8.31. The maximum Gasteiger partial charge on any atom is 0.222 e. The molecule has 1 saturated heterocycles. The summed E-state index contributed by atoms with van der Waals surface area (Å²) in [7, 11) is 1.82. The number of para-hydroxylation sites is 2. The fourth-order valence-electron chi connectivity index (χ4n) is 4.50. The van der Waals surface area contributed by atoms with E-state index in [0.717, 1.165) is 44.2 Å². The van der Waals surface area contributed by atoms with Gasteiger partial charge in [0.25, 0.3) is 0 Å². The van der Waals surface area contributed by atoms with E-state index in [1.54, 1.807) is 0 Å². The first kappa shape index (κ1) is 24.4. The number of carbonyl (C=O) groups excluding carboxylic acids is 1. The minimum atomic E-state index is 0. The summed E-state index contributed by atoms with van der Waals surface area (Å²) in [6.45, 7) is 5.32. The number of amides is 1. The number of benzene rings is 2. The predicted octanol–water partition coefficient (Wildman–Crippen LogP) is 4.26. The Hall–Kier alpha value is -2.29. The van der Waals surface area contributed by atoms with Gasteiger partial charge in [-0.2, -0.15) is 0 Å². The largest absolute Gasteiger partial charge is 0.489 e. The van der Waals surface area contributed by atoms with E-state index in [1.807, 2.05) is 42.3 Å². The number of anilines is 1. The predicted molar refractivity (Wildman–Crippen MR) is 140 cm³/mol. The molecule has 2 unspecified atom stereocenters. The zero-order valence-corrected chi connectivity index (χ0v) is 21.2. The number of rotatable bonds is 7. The van der Waals surface area contributed by atoms with Crippen LogP contribution >= 0.6 is 24.0 Å². The van der Waals surface area contributed by atoms with Gasteiger partial charge in [-0.05, 0) is 43.5 Å². The van der Waals surface area contributed by atoms with Crippen molar-refractivity contribution in [3.05, 3.63) is 60.2 Å². The molecule has 4 rings (SSSR count). The van der Waals surface area contributed by atoms with E-state index in [0.29, 0.717) is 24.8 Å². The Kier molecular flexibility index (Phi) is 8.78. The lowest BCUT2D eigenvalue weighted by atomic mass is 9.98. The summed E-state index contributed by atoms with van der Waals surface area (Å²) in [5.41, 5.74) is 2.54. The first-order valence-corrected chi connectivity index (χ1v) is 11.2. The average Bonchev–Trinajstić information content (AvgIpc) is 3.37. The standard InChI is InChI=1S/C25H32N4O2.HI/c1-19(31-21-9-4-3-5-10-21)17-27-25(26-2)29-18-20(22-11-6-7-12-23(22)29)14-16-28-15-8-13-24(28)30;/h3-7,9-12,19-20H,8,13-18H2,1-2H3,(H,26,27);1H. The molecule has 2 aromatic rings. The van der Waals surface area contributed by atoms with E-state index in [1.165, 1.54) is 11.3 Å². The van der Waals surface area contributed by atoms with Crippen molar-refractivity contribution >= 4 is 41.5 Å². The molecule has 0 saturated carbocycles. The van der Waals surface area contributed by atoms with E-state index >= 15 is 0 Å². The molecule has 0 aliphatic carbocycles. The summed E-state index contributed by atoms with van der Waals surface area (Å²) in [4.78, 5) is 20.8. The maximum atomic E-state index is 12.0. The number of carbonyl (C=O) groups is 1. The number of nitrogens with one attached hydrogen (secondary N) is 1. The van der Waals surface area contributed by atoms with Gasteiger partial charge in [0.2, 0.25) is 5.91 Å². The first-order valence-electron chi connectivity index (χ1n) is 11.2. The minimum absolute atomic E-state index is 0. The third-order valence-electron chi connectivity index (χ3n) is 6.08.